The molecule has 0 radical (unpaired) electrons. The van der Waals surface area contributed by atoms with Crippen LogP contribution in [0.25, 0.3) is 6.08 Å². The normalized spacial score (nSPS) is 14.7. The lowest BCUT2D eigenvalue weighted by molar-refractivity contribution is -0.131. The summed E-state index contributed by atoms with van der Waals surface area (Å²) in [5, 5.41) is 11.4. The smallest absolute Gasteiger partial charge is 0.328 e. The van der Waals surface area contributed by atoms with Crippen molar-refractivity contribution >= 4 is 18.0 Å². The van der Waals surface area contributed by atoms with Crippen LogP contribution in [0.5, 0.6) is 0 Å². The Morgan fingerprint density at radius 1 is 1.44 bits per heavy atom. The summed E-state index contributed by atoms with van der Waals surface area (Å²) < 4.78 is 0. The lowest BCUT2D eigenvalue weighted by Crippen LogP contribution is -2.25. The maximum atomic E-state index is 11.8. The van der Waals surface area contributed by atoms with Gasteiger partial charge in [-0.25, -0.2) is 4.79 Å². The first-order chi connectivity index (χ1) is 8.65. The van der Waals surface area contributed by atoms with Crippen LogP contribution in [0, 0.1) is 5.92 Å². The van der Waals surface area contributed by atoms with Crippen LogP contribution in [0.4, 0.5) is 0 Å². The summed E-state index contributed by atoms with van der Waals surface area (Å²) in [7, 11) is 0. The number of carboxylic acids is 1. The molecule has 18 heavy (non-hydrogen) atoms. The number of aliphatic carboxylic acids is 1. The minimum atomic E-state index is -1.03. The summed E-state index contributed by atoms with van der Waals surface area (Å²) in [6, 6.07) is 1.62. The highest BCUT2D eigenvalue weighted by molar-refractivity contribution is 5.94. The van der Waals surface area contributed by atoms with Gasteiger partial charge in [0, 0.05) is 25.0 Å². The molecule has 1 aliphatic rings. The van der Waals surface area contributed by atoms with Crippen molar-refractivity contribution in [1.29, 1.82) is 0 Å². The monoisotopic (exact) mass is 246 g/mol. The van der Waals surface area contributed by atoms with E-state index in [2.05, 4.69) is 10.3 Å². The molecule has 5 heteroatoms. The lowest BCUT2D eigenvalue weighted by Gasteiger charge is -2.04. The minimum Gasteiger partial charge on any atom is -0.478 e. The molecule has 0 spiro atoms. The van der Waals surface area contributed by atoms with Gasteiger partial charge < -0.3 is 10.4 Å². The number of carbonyl (C=O) groups is 2. The van der Waals surface area contributed by atoms with Gasteiger partial charge in [0.1, 0.15) is 0 Å². The van der Waals surface area contributed by atoms with Crippen molar-refractivity contribution < 1.29 is 14.7 Å². The molecule has 1 aromatic heterocycles. The first-order valence-corrected chi connectivity index (χ1v) is 5.79. The molecule has 1 aromatic rings. The summed E-state index contributed by atoms with van der Waals surface area (Å²) in [4.78, 5) is 26.1. The second-order valence-electron chi connectivity index (χ2n) is 4.33. The Bertz CT molecular complexity index is 493. The van der Waals surface area contributed by atoms with Crippen LogP contribution in [0.15, 0.2) is 24.5 Å². The molecule has 2 N–H and O–H groups in total. The first-order valence-electron chi connectivity index (χ1n) is 5.79. The van der Waals surface area contributed by atoms with E-state index in [1.165, 1.54) is 31.3 Å². The molecule has 0 saturated heterocycles. The van der Waals surface area contributed by atoms with E-state index in [1.807, 2.05) is 0 Å². The van der Waals surface area contributed by atoms with E-state index in [4.69, 9.17) is 5.11 Å². The second kappa shape index (κ2) is 5.44. The predicted octanol–water partition coefficient (Wildman–Crippen LogP) is 1.32. The average molecular weight is 246 g/mol. The topological polar surface area (TPSA) is 79.3 Å². The quantitative estimate of drug-likeness (QED) is 0.768. The average Bonchev–Trinajstić information content (AvgIpc) is 3.18. The highest BCUT2D eigenvalue weighted by atomic mass is 16.4. The number of carboxylic acid groups (broad SMARTS) is 1. The van der Waals surface area contributed by atoms with E-state index in [1.54, 1.807) is 6.07 Å². The number of pyridine rings is 1. The summed E-state index contributed by atoms with van der Waals surface area (Å²) in [6.07, 6.45) is 7.77. The molecule has 0 bridgehead atoms. The molecule has 94 valence electrons. The maximum absolute atomic E-state index is 11.8. The van der Waals surface area contributed by atoms with Gasteiger partial charge in [-0.3, -0.25) is 9.78 Å². The van der Waals surface area contributed by atoms with E-state index in [0.717, 1.165) is 6.08 Å². The van der Waals surface area contributed by atoms with Crippen molar-refractivity contribution in [2.45, 2.75) is 12.8 Å². The molecule has 0 aliphatic heterocycles. The zero-order valence-electron chi connectivity index (χ0n) is 9.80. The van der Waals surface area contributed by atoms with E-state index in [0.29, 0.717) is 23.6 Å². The van der Waals surface area contributed by atoms with Crippen LogP contribution in [0.3, 0.4) is 0 Å². The molecule has 1 amide bonds. The van der Waals surface area contributed by atoms with Crippen LogP contribution in [0.1, 0.15) is 28.8 Å². The molecule has 0 atom stereocenters. The van der Waals surface area contributed by atoms with Gasteiger partial charge >= 0.3 is 5.97 Å². The highest BCUT2D eigenvalue weighted by Crippen LogP contribution is 2.27. The Kier molecular flexibility index (Phi) is 3.72. The number of rotatable bonds is 5. The Balaban J connectivity index is 2.00. The fraction of sp³-hybridized carbons (Fsp3) is 0.308. The van der Waals surface area contributed by atoms with Crippen molar-refractivity contribution in [3.8, 4) is 0 Å². The zero-order valence-corrected chi connectivity index (χ0v) is 9.80. The van der Waals surface area contributed by atoms with Gasteiger partial charge in [0.15, 0.2) is 0 Å². The van der Waals surface area contributed by atoms with Gasteiger partial charge in [0.25, 0.3) is 5.91 Å². The van der Waals surface area contributed by atoms with Crippen molar-refractivity contribution in [3.05, 3.63) is 35.7 Å². The van der Waals surface area contributed by atoms with Crippen molar-refractivity contribution in [3.63, 3.8) is 0 Å². The van der Waals surface area contributed by atoms with Crippen LogP contribution >= 0.6 is 0 Å². The predicted molar refractivity (Wildman–Crippen MR) is 66.0 cm³/mol. The number of nitrogens with zero attached hydrogens (tertiary/aromatic N) is 1. The van der Waals surface area contributed by atoms with Crippen molar-refractivity contribution in [2.75, 3.05) is 6.54 Å². The number of amides is 1. The third-order valence-electron chi connectivity index (χ3n) is 2.69. The summed E-state index contributed by atoms with van der Waals surface area (Å²) in [5.41, 5.74) is 1.04. The Morgan fingerprint density at radius 3 is 2.89 bits per heavy atom. The minimum absolute atomic E-state index is 0.167. The molecule has 1 saturated carbocycles. The van der Waals surface area contributed by atoms with Crippen LogP contribution < -0.4 is 5.32 Å². The number of carbonyl (C=O) groups excluding carboxylic acids is 1. The number of hydrogen-bond donors (Lipinski definition) is 2. The largest absolute Gasteiger partial charge is 0.478 e. The van der Waals surface area contributed by atoms with Gasteiger partial charge in [-0.1, -0.05) is 0 Å². The molecule has 5 nitrogen and oxygen atoms in total. The standard InChI is InChI=1S/C13H14N2O3/c16-12(17)4-3-10-5-11(8-14-6-10)13(18)15-7-9-1-2-9/h3-6,8-9H,1-2,7H2,(H,15,18)(H,16,17). The fourth-order valence-electron chi connectivity index (χ4n) is 1.50. The van der Waals surface area contributed by atoms with Gasteiger partial charge in [0.2, 0.25) is 0 Å². The number of nitrogens with one attached hydrogen (secondary N) is 1. The molecule has 0 aromatic carbocycles. The first kappa shape index (κ1) is 12.3. The van der Waals surface area contributed by atoms with Crippen LogP contribution in [0.2, 0.25) is 0 Å². The zero-order chi connectivity index (χ0) is 13.0. The van der Waals surface area contributed by atoms with E-state index >= 15 is 0 Å². The molecule has 1 fully saturated rings. The highest BCUT2D eigenvalue weighted by Gasteiger charge is 2.21. The number of hydrogen-bond acceptors (Lipinski definition) is 3. The van der Waals surface area contributed by atoms with E-state index in [9.17, 15) is 9.59 Å². The third-order valence-corrected chi connectivity index (χ3v) is 2.69. The van der Waals surface area contributed by atoms with E-state index in [-0.39, 0.29) is 5.91 Å². The van der Waals surface area contributed by atoms with Crippen molar-refractivity contribution in [1.82, 2.24) is 10.3 Å². The molecule has 1 heterocycles. The fourth-order valence-corrected chi connectivity index (χ4v) is 1.50. The molecular formula is C13H14N2O3. The molecule has 1 aliphatic carbocycles. The van der Waals surface area contributed by atoms with Crippen molar-refractivity contribution in [2.24, 2.45) is 5.92 Å². The van der Waals surface area contributed by atoms with Crippen LogP contribution in [-0.2, 0) is 4.79 Å². The third kappa shape index (κ3) is 3.69. The summed E-state index contributed by atoms with van der Waals surface area (Å²) >= 11 is 0. The Labute approximate surface area is 105 Å². The summed E-state index contributed by atoms with van der Waals surface area (Å²) in [5.74, 6) is -0.574. The Morgan fingerprint density at radius 2 is 2.22 bits per heavy atom. The summed E-state index contributed by atoms with van der Waals surface area (Å²) in [6.45, 7) is 0.702. The lowest BCUT2D eigenvalue weighted by atomic mass is 10.2. The molecule has 2 rings (SSSR count). The van der Waals surface area contributed by atoms with Gasteiger partial charge in [-0.05, 0) is 36.5 Å². The van der Waals surface area contributed by atoms with Gasteiger partial charge in [-0.15, -0.1) is 0 Å². The van der Waals surface area contributed by atoms with Gasteiger partial charge in [0.05, 0.1) is 5.56 Å². The SMILES string of the molecule is O=C(O)C=Cc1cncc(C(=O)NCC2CC2)c1. The second-order valence-corrected chi connectivity index (χ2v) is 4.33. The molecular weight excluding hydrogens is 232 g/mol. The number of aromatic nitrogens is 1. The van der Waals surface area contributed by atoms with Gasteiger partial charge in [-0.2, -0.15) is 0 Å². The van der Waals surface area contributed by atoms with Crippen LogP contribution in [-0.4, -0.2) is 28.5 Å². The Hall–Kier alpha value is -2.17. The van der Waals surface area contributed by atoms with E-state index < -0.39 is 5.97 Å². The molecule has 0 unspecified atom stereocenters. The maximum Gasteiger partial charge on any atom is 0.328 e.